The van der Waals surface area contributed by atoms with Gasteiger partial charge in [-0.2, -0.15) is 0 Å². The predicted molar refractivity (Wildman–Crippen MR) is 89.7 cm³/mol. The van der Waals surface area contributed by atoms with E-state index < -0.39 is 0 Å². The number of aromatic nitrogens is 3. The fraction of sp³-hybridized carbons (Fsp3) is 0.556. The summed E-state index contributed by atoms with van der Waals surface area (Å²) >= 11 is 0. The summed E-state index contributed by atoms with van der Waals surface area (Å²) in [4.78, 5) is 14.2. The second kappa shape index (κ2) is 6.81. The zero-order valence-corrected chi connectivity index (χ0v) is 13.6. The van der Waals surface area contributed by atoms with Crippen molar-refractivity contribution < 1.29 is 0 Å². The lowest BCUT2D eigenvalue weighted by Gasteiger charge is -2.26. The minimum Gasteiger partial charge on any atom is -0.333 e. The molecule has 4 rings (SSSR count). The molecule has 2 aromatic rings. The minimum atomic E-state index is 0.660. The van der Waals surface area contributed by atoms with Gasteiger partial charge >= 0.3 is 0 Å². The van der Waals surface area contributed by atoms with Crippen LogP contribution in [0.4, 0.5) is 0 Å². The fourth-order valence-electron chi connectivity index (χ4n) is 3.91. The quantitative estimate of drug-likeness (QED) is 0.865. The Bertz CT molecular complexity index is 617. The van der Waals surface area contributed by atoms with Crippen LogP contribution in [-0.4, -0.2) is 50.5 Å². The van der Waals surface area contributed by atoms with Crippen molar-refractivity contribution in [1.82, 2.24) is 24.3 Å². The van der Waals surface area contributed by atoms with Gasteiger partial charge in [-0.1, -0.05) is 6.07 Å². The van der Waals surface area contributed by atoms with Crippen molar-refractivity contribution in [3.05, 3.63) is 48.3 Å². The molecule has 0 aliphatic carbocycles. The first kappa shape index (κ1) is 14.8. The number of nitrogens with zero attached hydrogens (tertiary/aromatic N) is 5. The van der Waals surface area contributed by atoms with Crippen LogP contribution in [-0.2, 0) is 19.6 Å². The van der Waals surface area contributed by atoms with Gasteiger partial charge in [-0.25, -0.2) is 4.98 Å². The first-order chi connectivity index (χ1) is 11.4. The van der Waals surface area contributed by atoms with Crippen LogP contribution >= 0.6 is 0 Å². The molecule has 5 nitrogen and oxygen atoms in total. The number of fused-ring (bicyclic) bond motifs is 1. The van der Waals surface area contributed by atoms with Gasteiger partial charge in [0, 0.05) is 50.7 Å². The van der Waals surface area contributed by atoms with E-state index in [0.29, 0.717) is 5.92 Å². The number of imidazole rings is 1. The molecule has 0 N–H and O–H groups in total. The highest BCUT2D eigenvalue weighted by molar-refractivity contribution is 5.04. The monoisotopic (exact) mass is 311 g/mol. The summed E-state index contributed by atoms with van der Waals surface area (Å²) in [5, 5.41) is 0. The maximum absolute atomic E-state index is 4.56. The van der Waals surface area contributed by atoms with E-state index in [1.165, 1.54) is 38.3 Å². The van der Waals surface area contributed by atoms with Gasteiger partial charge in [0.15, 0.2) is 0 Å². The molecule has 122 valence electrons. The molecule has 23 heavy (non-hydrogen) atoms. The van der Waals surface area contributed by atoms with Crippen LogP contribution in [0.5, 0.6) is 0 Å². The lowest BCUT2D eigenvalue weighted by Crippen LogP contribution is -2.35. The van der Waals surface area contributed by atoms with Gasteiger partial charge in [0.1, 0.15) is 5.82 Å². The molecule has 0 amide bonds. The first-order valence-corrected chi connectivity index (χ1v) is 8.71. The van der Waals surface area contributed by atoms with Gasteiger partial charge in [0.05, 0.1) is 12.2 Å². The molecule has 5 heteroatoms. The van der Waals surface area contributed by atoms with Crippen LogP contribution in [0.3, 0.4) is 0 Å². The average molecular weight is 311 g/mol. The van der Waals surface area contributed by atoms with E-state index in [9.17, 15) is 0 Å². The van der Waals surface area contributed by atoms with Crippen molar-refractivity contribution >= 4 is 0 Å². The second-order valence-electron chi connectivity index (χ2n) is 6.86. The molecule has 0 unspecified atom stereocenters. The number of rotatable bonds is 4. The number of pyridine rings is 1. The third-order valence-corrected chi connectivity index (χ3v) is 4.96. The van der Waals surface area contributed by atoms with Gasteiger partial charge in [-0.15, -0.1) is 0 Å². The summed E-state index contributed by atoms with van der Waals surface area (Å²) in [6.45, 7) is 7.78. The largest absolute Gasteiger partial charge is 0.333 e. The highest BCUT2D eigenvalue weighted by Gasteiger charge is 2.25. The molecule has 0 aromatic carbocycles. The Morgan fingerprint density at radius 3 is 2.74 bits per heavy atom. The molecule has 0 spiro atoms. The first-order valence-electron chi connectivity index (χ1n) is 8.71. The molecule has 1 saturated heterocycles. The van der Waals surface area contributed by atoms with Crippen LogP contribution in [0.25, 0.3) is 0 Å². The van der Waals surface area contributed by atoms with Gasteiger partial charge < -0.3 is 9.47 Å². The number of likely N-dealkylation sites (tertiary alicyclic amines) is 1. The second-order valence-corrected chi connectivity index (χ2v) is 6.86. The fourth-order valence-corrected chi connectivity index (χ4v) is 3.91. The molecule has 2 aliphatic heterocycles. The molecule has 2 aliphatic rings. The van der Waals surface area contributed by atoms with Crippen LogP contribution in [0.1, 0.15) is 24.4 Å². The average Bonchev–Trinajstić information content (AvgIpc) is 3.18. The standard InChI is InChI=1S/C18H25N5/c1-2-6-19-17(5-1)14-22-12-16(11-21-8-3-4-9-21)13-23-10-7-20-18(23)15-22/h1-2,5-7,10,16H,3-4,8-9,11-15H2/t16-/m1/s1. The maximum Gasteiger partial charge on any atom is 0.122 e. The smallest absolute Gasteiger partial charge is 0.122 e. The van der Waals surface area contributed by atoms with Crippen molar-refractivity contribution in [3.8, 4) is 0 Å². The molecule has 0 bridgehead atoms. The molecular weight excluding hydrogens is 286 g/mol. The third-order valence-electron chi connectivity index (χ3n) is 4.96. The normalized spacial score (nSPS) is 22.9. The van der Waals surface area contributed by atoms with Crippen molar-refractivity contribution in [3.63, 3.8) is 0 Å². The summed E-state index contributed by atoms with van der Waals surface area (Å²) < 4.78 is 2.35. The van der Waals surface area contributed by atoms with Crippen LogP contribution in [0.2, 0.25) is 0 Å². The minimum absolute atomic E-state index is 0.660. The SMILES string of the molecule is c1ccc(CN2Cc3nccn3C[C@H](CN3CCCC3)C2)nc1. The van der Waals surface area contributed by atoms with Gasteiger partial charge in [-0.05, 0) is 38.1 Å². The van der Waals surface area contributed by atoms with E-state index in [2.05, 4.69) is 42.7 Å². The van der Waals surface area contributed by atoms with E-state index in [-0.39, 0.29) is 0 Å². The van der Waals surface area contributed by atoms with E-state index >= 15 is 0 Å². The molecule has 0 saturated carbocycles. The zero-order chi connectivity index (χ0) is 15.5. The van der Waals surface area contributed by atoms with Crippen LogP contribution < -0.4 is 0 Å². The summed E-state index contributed by atoms with van der Waals surface area (Å²) in [7, 11) is 0. The molecule has 1 atom stereocenters. The molecule has 1 fully saturated rings. The number of hydrogen-bond donors (Lipinski definition) is 0. The Morgan fingerprint density at radius 2 is 1.91 bits per heavy atom. The van der Waals surface area contributed by atoms with Crippen molar-refractivity contribution in [2.45, 2.75) is 32.5 Å². The Morgan fingerprint density at radius 1 is 1.00 bits per heavy atom. The highest BCUT2D eigenvalue weighted by atomic mass is 15.2. The summed E-state index contributed by atoms with van der Waals surface area (Å²) in [5.41, 5.74) is 1.15. The summed E-state index contributed by atoms with van der Waals surface area (Å²) in [6.07, 6.45) is 8.68. The van der Waals surface area contributed by atoms with Gasteiger partial charge in [0.25, 0.3) is 0 Å². The van der Waals surface area contributed by atoms with Crippen molar-refractivity contribution in [1.29, 1.82) is 0 Å². The predicted octanol–water partition coefficient (Wildman–Crippen LogP) is 2.01. The van der Waals surface area contributed by atoms with Crippen LogP contribution in [0.15, 0.2) is 36.8 Å². The van der Waals surface area contributed by atoms with E-state index in [1.807, 2.05) is 18.5 Å². The van der Waals surface area contributed by atoms with Crippen molar-refractivity contribution in [2.24, 2.45) is 5.92 Å². The Balaban J connectivity index is 1.49. The summed E-state index contributed by atoms with van der Waals surface area (Å²) in [6, 6.07) is 6.17. The highest BCUT2D eigenvalue weighted by Crippen LogP contribution is 2.20. The Labute approximate surface area is 138 Å². The lowest BCUT2D eigenvalue weighted by molar-refractivity contribution is 0.181. The topological polar surface area (TPSA) is 37.2 Å². The molecule has 4 heterocycles. The summed E-state index contributed by atoms with van der Waals surface area (Å²) in [5.74, 6) is 1.84. The zero-order valence-electron chi connectivity index (χ0n) is 13.6. The Hall–Kier alpha value is -1.72. The van der Waals surface area contributed by atoms with Crippen LogP contribution in [0, 0.1) is 5.92 Å². The van der Waals surface area contributed by atoms with E-state index in [4.69, 9.17) is 0 Å². The van der Waals surface area contributed by atoms with Gasteiger partial charge in [-0.3, -0.25) is 9.88 Å². The molecular formula is C18H25N5. The third kappa shape index (κ3) is 3.62. The maximum atomic E-state index is 4.56. The molecule has 0 radical (unpaired) electrons. The van der Waals surface area contributed by atoms with Gasteiger partial charge in [0.2, 0.25) is 0 Å². The lowest BCUT2D eigenvalue weighted by atomic mass is 10.1. The molecule has 2 aromatic heterocycles. The van der Waals surface area contributed by atoms with Crippen molar-refractivity contribution in [2.75, 3.05) is 26.2 Å². The van der Waals surface area contributed by atoms with E-state index in [1.54, 1.807) is 0 Å². The van der Waals surface area contributed by atoms with E-state index in [0.717, 1.165) is 31.9 Å². The Kier molecular flexibility index (Phi) is 4.39. The number of hydrogen-bond acceptors (Lipinski definition) is 4.